The van der Waals surface area contributed by atoms with Gasteiger partial charge >= 0.3 is 0 Å². The molecular weight excluding hydrogens is 284 g/mol. The summed E-state index contributed by atoms with van der Waals surface area (Å²) in [7, 11) is 0. The number of aliphatic hydroxyl groups is 1. The number of aliphatic hydroxyl groups excluding tert-OH is 1. The fourth-order valence-electron chi connectivity index (χ4n) is 4.34. The van der Waals surface area contributed by atoms with Crippen LogP contribution in [0.5, 0.6) is 0 Å². The van der Waals surface area contributed by atoms with Gasteiger partial charge in [-0.15, -0.1) is 0 Å². The Morgan fingerprint density at radius 2 is 1.70 bits per heavy atom. The van der Waals surface area contributed by atoms with E-state index in [0.717, 1.165) is 24.3 Å². The number of hydrogen-bond donors (Lipinski definition) is 1. The van der Waals surface area contributed by atoms with E-state index in [9.17, 15) is 5.11 Å². The summed E-state index contributed by atoms with van der Waals surface area (Å²) in [5.74, 6) is 2.03. The SMILES string of the molecule is CC(C1CC=C(C(O)OC(C)(C)C2CCCC2)CC1)C(C)(C)C. The lowest BCUT2D eigenvalue weighted by molar-refractivity contribution is -0.174. The van der Waals surface area contributed by atoms with Gasteiger partial charge in [0.2, 0.25) is 0 Å². The summed E-state index contributed by atoms with van der Waals surface area (Å²) in [6.45, 7) is 13.7. The molecule has 2 nitrogen and oxygen atoms in total. The average molecular weight is 323 g/mol. The van der Waals surface area contributed by atoms with Crippen LogP contribution >= 0.6 is 0 Å². The molecule has 1 N–H and O–H groups in total. The quantitative estimate of drug-likeness (QED) is 0.520. The van der Waals surface area contributed by atoms with E-state index in [1.54, 1.807) is 0 Å². The van der Waals surface area contributed by atoms with E-state index >= 15 is 0 Å². The zero-order chi connectivity index (χ0) is 17.3. The van der Waals surface area contributed by atoms with Gasteiger partial charge < -0.3 is 9.84 Å². The van der Waals surface area contributed by atoms with Gasteiger partial charge in [-0.1, -0.05) is 46.6 Å². The summed E-state index contributed by atoms with van der Waals surface area (Å²) in [6, 6.07) is 0. The number of ether oxygens (including phenoxy) is 1. The molecule has 1 fully saturated rings. The summed E-state index contributed by atoms with van der Waals surface area (Å²) in [6.07, 6.45) is 9.88. The van der Waals surface area contributed by atoms with Crippen LogP contribution in [-0.4, -0.2) is 17.0 Å². The second kappa shape index (κ2) is 7.27. The maximum Gasteiger partial charge on any atom is 0.177 e. The molecule has 3 unspecified atom stereocenters. The Bertz CT molecular complexity index is 410. The minimum absolute atomic E-state index is 0.216. The van der Waals surface area contributed by atoms with Crippen molar-refractivity contribution in [1.82, 2.24) is 0 Å². The fourth-order valence-corrected chi connectivity index (χ4v) is 4.34. The van der Waals surface area contributed by atoms with E-state index in [1.807, 2.05) is 0 Å². The maximum atomic E-state index is 10.6. The lowest BCUT2D eigenvalue weighted by Gasteiger charge is -2.38. The smallest absolute Gasteiger partial charge is 0.177 e. The van der Waals surface area contributed by atoms with Gasteiger partial charge in [0.15, 0.2) is 6.29 Å². The number of allylic oxidation sites excluding steroid dienone is 1. The minimum Gasteiger partial charge on any atom is -0.364 e. The van der Waals surface area contributed by atoms with Crippen LogP contribution in [0, 0.1) is 23.2 Å². The Labute approximate surface area is 143 Å². The van der Waals surface area contributed by atoms with E-state index in [0.29, 0.717) is 17.3 Å². The van der Waals surface area contributed by atoms with Gasteiger partial charge in [-0.2, -0.15) is 0 Å². The van der Waals surface area contributed by atoms with Crippen molar-refractivity contribution in [2.45, 2.75) is 98.4 Å². The molecular formula is C21H38O2. The Balaban J connectivity index is 1.91. The molecule has 0 saturated heterocycles. The van der Waals surface area contributed by atoms with Crippen LogP contribution in [0.4, 0.5) is 0 Å². The second-order valence-electron chi connectivity index (χ2n) is 9.52. The Morgan fingerprint density at radius 1 is 1.09 bits per heavy atom. The lowest BCUT2D eigenvalue weighted by atomic mass is 9.70. The predicted molar refractivity (Wildman–Crippen MR) is 97.2 cm³/mol. The molecule has 23 heavy (non-hydrogen) atoms. The van der Waals surface area contributed by atoms with Gasteiger partial charge in [0.25, 0.3) is 0 Å². The van der Waals surface area contributed by atoms with Gasteiger partial charge in [0.05, 0.1) is 5.60 Å². The standard InChI is InChI=1S/C21H38O2/c1-15(20(2,3)4)16-11-13-17(14-12-16)19(22)23-21(5,6)18-9-7-8-10-18/h13,15-16,18-19,22H,7-12,14H2,1-6H3. The lowest BCUT2D eigenvalue weighted by Crippen LogP contribution is -2.38. The van der Waals surface area contributed by atoms with E-state index < -0.39 is 6.29 Å². The molecule has 1 saturated carbocycles. The monoisotopic (exact) mass is 322 g/mol. The molecule has 2 heteroatoms. The van der Waals surface area contributed by atoms with Crippen molar-refractivity contribution in [2.75, 3.05) is 0 Å². The van der Waals surface area contributed by atoms with Crippen molar-refractivity contribution in [2.24, 2.45) is 23.2 Å². The molecule has 3 atom stereocenters. The fraction of sp³-hybridized carbons (Fsp3) is 0.905. The summed E-state index contributed by atoms with van der Waals surface area (Å²) < 4.78 is 6.11. The molecule has 0 aromatic rings. The molecule has 0 bridgehead atoms. The van der Waals surface area contributed by atoms with Crippen LogP contribution in [0.1, 0.15) is 86.5 Å². The van der Waals surface area contributed by atoms with Gasteiger partial charge in [-0.3, -0.25) is 0 Å². The van der Waals surface area contributed by atoms with Crippen LogP contribution in [0.25, 0.3) is 0 Å². The van der Waals surface area contributed by atoms with Crippen molar-refractivity contribution in [3.05, 3.63) is 11.6 Å². The summed E-state index contributed by atoms with van der Waals surface area (Å²) in [5.41, 5.74) is 1.25. The van der Waals surface area contributed by atoms with Crippen LogP contribution in [0.2, 0.25) is 0 Å². The van der Waals surface area contributed by atoms with Crippen LogP contribution in [0.15, 0.2) is 11.6 Å². The first-order valence-corrected chi connectivity index (χ1v) is 9.66. The maximum absolute atomic E-state index is 10.6. The first-order chi connectivity index (χ1) is 10.6. The molecule has 0 aliphatic heterocycles. The molecule has 2 aliphatic carbocycles. The first kappa shape index (κ1) is 19.0. The normalized spacial score (nSPS) is 26.9. The Kier molecular flexibility index (Phi) is 6.00. The highest BCUT2D eigenvalue weighted by atomic mass is 16.6. The average Bonchev–Trinajstić information content (AvgIpc) is 3.00. The predicted octanol–water partition coefficient (Wildman–Crippen LogP) is 5.70. The third-order valence-corrected chi connectivity index (χ3v) is 6.63. The zero-order valence-electron chi connectivity index (χ0n) is 16.2. The van der Waals surface area contributed by atoms with E-state index in [1.165, 1.54) is 32.1 Å². The highest BCUT2D eigenvalue weighted by Crippen LogP contribution is 2.41. The topological polar surface area (TPSA) is 29.5 Å². The van der Waals surface area contributed by atoms with E-state index in [-0.39, 0.29) is 5.60 Å². The highest BCUT2D eigenvalue weighted by Gasteiger charge is 2.36. The molecule has 2 rings (SSSR count). The minimum atomic E-state index is -0.712. The largest absolute Gasteiger partial charge is 0.364 e. The molecule has 0 heterocycles. The summed E-state index contributed by atoms with van der Waals surface area (Å²) in [5, 5.41) is 10.6. The molecule has 0 aromatic heterocycles. The third kappa shape index (κ3) is 4.82. The molecule has 0 amide bonds. The van der Waals surface area contributed by atoms with Gasteiger partial charge in [0.1, 0.15) is 0 Å². The van der Waals surface area contributed by atoms with Gasteiger partial charge in [-0.25, -0.2) is 0 Å². The zero-order valence-corrected chi connectivity index (χ0v) is 16.2. The van der Waals surface area contributed by atoms with Crippen molar-refractivity contribution in [3.8, 4) is 0 Å². The van der Waals surface area contributed by atoms with Gasteiger partial charge in [-0.05, 0) is 74.7 Å². The Morgan fingerprint density at radius 3 is 2.17 bits per heavy atom. The van der Waals surface area contributed by atoms with Crippen molar-refractivity contribution in [1.29, 1.82) is 0 Å². The van der Waals surface area contributed by atoms with Crippen molar-refractivity contribution >= 4 is 0 Å². The van der Waals surface area contributed by atoms with E-state index in [4.69, 9.17) is 4.74 Å². The molecule has 2 aliphatic rings. The number of hydrogen-bond acceptors (Lipinski definition) is 2. The third-order valence-electron chi connectivity index (χ3n) is 6.63. The first-order valence-electron chi connectivity index (χ1n) is 9.66. The summed E-state index contributed by atoms with van der Waals surface area (Å²) in [4.78, 5) is 0. The molecule has 0 aromatic carbocycles. The van der Waals surface area contributed by atoms with Crippen LogP contribution in [0.3, 0.4) is 0 Å². The molecule has 134 valence electrons. The second-order valence-corrected chi connectivity index (χ2v) is 9.52. The number of rotatable bonds is 5. The highest BCUT2D eigenvalue weighted by molar-refractivity contribution is 5.10. The van der Waals surface area contributed by atoms with Gasteiger partial charge in [0, 0.05) is 0 Å². The van der Waals surface area contributed by atoms with Crippen molar-refractivity contribution < 1.29 is 9.84 Å². The van der Waals surface area contributed by atoms with Crippen LogP contribution < -0.4 is 0 Å². The molecule has 0 radical (unpaired) electrons. The summed E-state index contributed by atoms with van der Waals surface area (Å²) >= 11 is 0. The van der Waals surface area contributed by atoms with E-state index in [2.05, 4.69) is 47.6 Å². The van der Waals surface area contributed by atoms with Crippen LogP contribution in [-0.2, 0) is 4.74 Å². The molecule has 0 spiro atoms. The Hall–Kier alpha value is -0.340. The van der Waals surface area contributed by atoms with Crippen molar-refractivity contribution in [3.63, 3.8) is 0 Å².